The molecule has 0 aliphatic rings. The minimum absolute atomic E-state index is 0.0912. The predicted molar refractivity (Wildman–Crippen MR) is 163 cm³/mol. The number of aryl methyl sites for hydroxylation is 2. The third-order valence-corrected chi connectivity index (χ3v) is 9.03. The Hall–Kier alpha value is -3.30. The van der Waals surface area contributed by atoms with Crippen molar-refractivity contribution in [2.24, 2.45) is 0 Å². The number of benzene rings is 3. The Kier molecular flexibility index (Phi) is 10.8. The van der Waals surface area contributed by atoms with Gasteiger partial charge in [0.15, 0.2) is 0 Å². The molecule has 0 bridgehead atoms. The summed E-state index contributed by atoms with van der Waals surface area (Å²) in [5.41, 5.74) is 3.24. The SMILES string of the molecule is CC[C@@H](C(=O)NC(C)C)N(Cc1cccc(C)c1)C(=O)CN(c1ccc(C)cc1)S(=O)(=O)c1ccc(SC)cc1. The van der Waals surface area contributed by atoms with Crippen LogP contribution in [0.2, 0.25) is 0 Å². The van der Waals surface area contributed by atoms with Crippen molar-refractivity contribution in [3.63, 3.8) is 0 Å². The molecule has 40 heavy (non-hydrogen) atoms. The molecule has 3 aromatic carbocycles. The molecule has 0 spiro atoms. The molecular formula is C31H39N3O4S2. The highest BCUT2D eigenvalue weighted by Crippen LogP contribution is 2.27. The summed E-state index contributed by atoms with van der Waals surface area (Å²) in [4.78, 5) is 29.8. The first-order valence-electron chi connectivity index (χ1n) is 13.3. The number of hydrogen-bond acceptors (Lipinski definition) is 5. The molecule has 3 aromatic rings. The first kappa shape index (κ1) is 31.2. The summed E-state index contributed by atoms with van der Waals surface area (Å²) < 4.78 is 29.1. The third-order valence-electron chi connectivity index (χ3n) is 6.50. The number of nitrogens with one attached hydrogen (secondary N) is 1. The maximum atomic E-state index is 14.1. The normalized spacial score (nSPS) is 12.2. The molecule has 1 N–H and O–H groups in total. The van der Waals surface area contributed by atoms with Crippen LogP contribution >= 0.6 is 11.8 Å². The second-order valence-corrected chi connectivity index (χ2v) is 12.9. The molecule has 0 unspecified atom stereocenters. The molecule has 7 nitrogen and oxygen atoms in total. The molecular weight excluding hydrogens is 542 g/mol. The van der Waals surface area contributed by atoms with Crippen molar-refractivity contribution in [3.05, 3.63) is 89.5 Å². The summed E-state index contributed by atoms with van der Waals surface area (Å²) in [6.07, 6.45) is 2.30. The van der Waals surface area contributed by atoms with Gasteiger partial charge in [0.05, 0.1) is 10.6 Å². The van der Waals surface area contributed by atoms with Crippen molar-refractivity contribution in [1.29, 1.82) is 0 Å². The zero-order chi connectivity index (χ0) is 29.4. The molecule has 9 heteroatoms. The number of hydrogen-bond donors (Lipinski definition) is 1. The molecule has 0 aliphatic carbocycles. The second-order valence-electron chi connectivity index (χ2n) is 10.1. The van der Waals surface area contributed by atoms with Crippen LogP contribution in [0.4, 0.5) is 5.69 Å². The number of anilines is 1. The maximum Gasteiger partial charge on any atom is 0.264 e. The van der Waals surface area contributed by atoms with Gasteiger partial charge in [-0.3, -0.25) is 13.9 Å². The van der Waals surface area contributed by atoms with Gasteiger partial charge in [0.2, 0.25) is 11.8 Å². The van der Waals surface area contributed by atoms with Gasteiger partial charge >= 0.3 is 0 Å². The molecule has 2 amide bonds. The highest BCUT2D eigenvalue weighted by Gasteiger charge is 2.33. The number of carbonyl (C=O) groups is 2. The molecule has 214 valence electrons. The van der Waals surface area contributed by atoms with Gasteiger partial charge in [-0.2, -0.15) is 0 Å². The van der Waals surface area contributed by atoms with E-state index in [1.165, 1.54) is 16.7 Å². The van der Waals surface area contributed by atoms with E-state index in [1.807, 2.05) is 77.3 Å². The van der Waals surface area contributed by atoms with Crippen molar-refractivity contribution in [1.82, 2.24) is 10.2 Å². The lowest BCUT2D eigenvalue weighted by Crippen LogP contribution is -2.53. The number of sulfonamides is 1. The van der Waals surface area contributed by atoms with Crippen molar-refractivity contribution in [2.45, 2.75) is 69.5 Å². The van der Waals surface area contributed by atoms with Crippen molar-refractivity contribution in [2.75, 3.05) is 17.1 Å². The van der Waals surface area contributed by atoms with E-state index in [1.54, 1.807) is 36.4 Å². The Labute approximate surface area is 243 Å². The fraction of sp³-hybridized carbons (Fsp3) is 0.355. The predicted octanol–water partition coefficient (Wildman–Crippen LogP) is 5.55. The summed E-state index contributed by atoms with van der Waals surface area (Å²) in [5, 5.41) is 2.92. The van der Waals surface area contributed by atoms with Crippen LogP contribution in [0.3, 0.4) is 0 Å². The maximum absolute atomic E-state index is 14.1. The lowest BCUT2D eigenvalue weighted by Gasteiger charge is -2.33. The van der Waals surface area contributed by atoms with Gasteiger partial charge in [0.25, 0.3) is 10.0 Å². The Balaban J connectivity index is 2.06. The molecule has 0 fully saturated rings. The van der Waals surface area contributed by atoms with E-state index in [9.17, 15) is 18.0 Å². The smallest absolute Gasteiger partial charge is 0.264 e. The van der Waals surface area contributed by atoms with Crippen LogP contribution < -0.4 is 9.62 Å². The van der Waals surface area contributed by atoms with Gasteiger partial charge in [-0.15, -0.1) is 11.8 Å². The molecule has 0 aliphatic heterocycles. The van der Waals surface area contributed by atoms with Crippen LogP contribution in [0.25, 0.3) is 0 Å². The molecule has 3 rings (SSSR count). The lowest BCUT2D eigenvalue weighted by atomic mass is 10.1. The molecule has 0 aromatic heterocycles. The van der Waals surface area contributed by atoms with Gasteiger partial charge in [-0.1, -0.05) is 54.4 Å². The summed E-state index contributed by atoms with van der Waals surface area (Å²) >= 11 is 1.52. The zero-order valence-corrected chi connectivity index (χ0v) is 25.7. The van der Waals surface area contributed by atoms with Crippen molar-refractivity contribution >= 4 is 39.3 Å². The van der Waals surface area contributed by atoms with E-state index in [0.29, 0.717) is 12.1 Å². The highest BCUT2D eigenvalue weighted by molar-refractivity contribution is 7.98. The van der Waals surface area contributed by atoms with Crippen LogP contribution in [0.5, 0.6) is 0 Å². The third kappa shape index (κ3) is 7.88. The topological polar surface area (TPSA) is 86.8 Å². The van der Waals surface area contributed by atoms with E-state index in [-0.39, 0.29) is 23.4 Å². The van der Waals surface area contributed by atoms with Gasteiger partial charge in [0, 0.05) is 17.5 Å². The van der Waals surface area contributed by atoms with Gasteiger partial charge in [0.1, 0.15) is 12.6 Å². The van der Waals surface area contributed by atoms with E-state index in [2.05, 4.69) is 5.32 Å². The average molecular weight is 582 g/mol. The number of amides is 2. The summed E-state index contributed by atoms with van der Waals surface area (Å²) in [6, 6.07) is 20.5. The van der Waals surface area contributed by atoms with E-state index >= 15 is 0 Å². The average Bonchev–Trinajstić information content (AvgIpc) is 2.91. The summed E-state index contributed by atoms with van der Waals surface area (Å²) in [7, 11) is -4.10. The first-order chi connectivity index (χ1) is 19.0. The summed E-state index contributed by atoms with van der Waals surface area (Å²) in [6.45, 7) is 9.19. The van der Waals surface area contributed by atoms with Gasteiger partial charge in [-0.25, -0.2) is 8.42 Å². The highest BCUT2D eigenvalue weighted by atomic mass is 32.2. The van der Waals surface area contributed by atoms with Crippen molar-refractivity contribution in [3.8, 4) is 0 Å². The Morgan fingerprint density at radius 1 is 0.925 bits per heavy atom. The van der Waals surface area contributed by atoms with Crippen LogP contribution in [-0.4, -0.2) is 50.0 Å². The number of carbonyl (C=O) groups excluding carboxylic acids is 2. The van der Waals surface area contributed by atoms with E-state index in [4.69, 9.17) is 0 Å². The van der Waals surface area contributed by atoms with Crippen LogP contribution in [-0.2, 0) is 26.2 Å². The fourth-order valence-corrected chi connectivity index (χ4v) is 6.24. The Morgan fingerprint density at radius 3 is 2.12 bits per heavy atom. The van der Waals surface area contributed by atoms with E-state index in [0.717, 1.165) is 25.9 Å². The second kappa shape index (κ2) is 13.9. The molecule has 0 radical (unpaired) electrons. The number of rotatable bonds is 12. The minimum Gasteiger partial charge on any atom is -0.352 e. The largest absolute Gasteiger partial charge is 0.352 e. The molecule has 1 atom stereocenters. The standard InChI is InChI=1S/C31H39N3O4S2/c1-7-29(31(36)32-22(2)3)33(20-25-10-8-9-24(5)19-25)30(35)21-34(26-13-11-23(4)12-14-26)40(37,38)28-17-15-27(39-6)16-18-28/h8-19,22,29H,7,20-21H2,1-6H3,(H,32,36)/t29-/m0/s1. The quantitative estimate of drug-likeness (QED) is 0.283. The van der Waals surface area contributed by atoms with Crippen LogP contribution in [0.1, 0.15) is 43.9 Å². The fourth-order valence-electron chi connectivity index (χ4n) is 4.42. The Bertz CT molecular complexity index is 1410. The Morgan fingerprint density at radius 2 is 1.57 bits per heavy atom. The van der Waals surface area contributed by atoms with Gasteiger partial charge in [-0.05, 0) is 82.3 Å². The van der Waals surface area contributed by atoms with Crippen LogP contribution in [0, 0.1) is 13.8 Å². The minimum atomic E-state index is -4.10. The number of nitrogens with zero attached hydrogens (tertiary/aromatic N) is 2. The molecule has 0 saturated heterocycles. The zero-order valence-electron chi connectivity index (χ0n) is 24.0. The van der Waals surface area contributed by atoms with Crippen molar-refractivity contribution < 1.29 is 18.0 Å². The van der Waals surface area contributed by atoms with E-state index < -0.39 is 28.5 Å². The van der Waals surface area contributed by atoms with Gasteiger partial charge < -0.3 is 10.2 Å². The lowest BCUT2D eigenvalue weighted by molar-refractivity contribution is -0.140. The molecule has 0 saturated carbocycles. The number of thioether (sulfide) groups is 1. The monoisotopic (exact) mass is 581 g/mol. The molecule has 0 heterocycles. The first-order valence-corrected chi connectivity index (χ1v) is 16.0. The van der Waals surface area contributed by atoms with Crippen LogP contribution in [0.15, 0.2) is 82.6 Å². The summed E-state index contributed by atoms with van der Waals surface area (Å²) in [5.74, 6) is -0.729.